The van der Waals surface area contributed by atoms with Gasteiger partial charge < -0.3 is 21.7 Å². The number of hydrogen-bond donors (Lipinski definition) is 3. The molecule has 2 rings (SSSR count). The Bertz CT molecular complexity index is 513. The van der Waals surface area contributed by atoms with Crippen molar-refractivity contribution in [1.82, 2.24) is 0 Å². The summed E-state index contributed by atoms with van der Waals surface area (Å²) in [6, 6.07) is 3.56. The summed E-state index contributed by atoms with van der Waals surface area (Å²) >= 11 is 0. The minimum Gasteiger partial charge on any atom is -0.397 e. The molecule has 1 aliphatic rings. The van der Waals surface area contributed by atoms with E-state index in [-0.39, 0.29) is 12.5 Å². The van der Waals surface area contributed by atoms with E-state index in [1.54, 1.807) is 17.0 Å². The van der Waals surface area contributed by atoms with Gasteiger partial charge in [0.2, 0.25) is 11.8 Å². The van der Waals surface area contributed by atoms with E-state index in [4.69, 9.17) is 11.5 Å². The maximum absolute atomic E-state index is 11.3. The number of primary amides is 1. The first-order valence-corrected chi connectivity index (χ1v) is 5.76. The van der Waals surface area contributed by atoms with Crippen molar-refractivity contribution in [3.8, 4) is 0 Å². The second-order valence-corrected chi connectivity index (χ2v) is 4.27. The number of hydrogen-bond acceptors (Lipinski definition) is 4. The molecule has 1 aromatic carbocycles. The first kappa shape index (κ1) is 12.2. The number of carbonyl (C=O) groups is 2. The maximum atomic E-state index is 11.3. The molecule has 1 aliphatic heterocycles. The van der Waals surface area contributed by atoms with Crippen LogP contribution in [0.5, 0.6) is 0 Å². The summed E-state index contributed by atoms with van der Waals surface area (Å²) in [4.78, 5) is 24.1. The number of amides is 2. The minimum atomic E-state index is -0.416. The van der Waals surface area contributed by atoms with Crippen LogP contribution in [0.25, 0.3) is 0 Å². The molecule has 1 heterocycles. The van der Waals surface area contributed by atoms with E-state index in [1.165, 1.54) is 0 Å². The number of anilines is 3. The highest BCUT2D eigenvalue weighted by atomic mass is 16.2. The number of nitrogen functional groups attached to an aromatic ring is 1. The van der Waals surface area contributed by atoms with Crippen molar-refractivity contribution in [3.05, 3.63) is 17.7 Å². The summed E-state index contributed by atoms with van der Waals surface area (Å²) in [6.45, 7) is 2.63. The number of fused-ring (bicyclic) bond motifs is 1. The third-order valence-corrected chi connectivity index (χ3v) is 2.95. The zero-order chi connectivity index (χ0) is 13.3. The van der Waals surface area contributed by atoms with Crippen LogP contribution in [0, 0.1) is 0 Å². The average Bonchev–Trinajstić information content (AvgIpc) is 2.64. The molecule has 0 bridgehead atoms. The van der Waals surface area contributed by atoms with Gasteiger partial charge in [-0.05, 0) is 24.6 Å². The highest BCUT2D eigenvalue weighted by Gasteiger charge is 2.21. The molecule has 0 radical (unpaired) electrons. The summed E-state index contributed by atoms with van der Waals surface area (Å²) in [5, 5.41) is 2.76. The number of rotatable bonds is 4. The molecule has 5 N–H and O–H groups in total. The van der Waals surface area contributed by atoms with Crippen molar-refractivity contribution in [2.24, 2.45) is 5.73 Å². The van der Waals surface area contributed by atoms with Gasteiger partial charge in [0.15, 0.2) is 0 Å². The van der Waals surface area contributed by atoms with Crippen molar-refractivity contribution in [2.75, 3.05) is 29.0 Å². The summed E-state index contributed by atoms with van der Waals surface area (Å²) in [7, 11) is 0. The second-order valence-electron chi connectivity index (χ2n) is 4.27. The van der Waals surface area contributed by atoms with Gasteiger partial charge in [0.25, 0.3) is 0 Å². The number of nitrogens with two attached hydrogens (primary N) is 2. The van der Waals surface area contributed by atoms with E-state index in [0.29, 0.717) is 18.7 Å². The molecule has 0 fully saturated rings. The van der Waals surface area contributed by atoms with Crippen LogP contribution in [0.1, 0.15) is 12.5 Å². The van der Waals surface area contributed by atoms with Gasteiger partial charge in [-0.2, -0.15) is 0 Å². The number of likely N-dealkylation sites (N-methyl/N-ethyl adjacent to an activating group) is 1. The van der Waals surface area contributed by atoms with Crippen LogP contribution in [0.2, 0.25) is 0 Å². The zero-order valence-corrected chi connectivity index (χ0v) is 10.2. The third kappa shape index (κ3) is 2.22. The smallest absolute Gasteiger partial charge is 0.236 e. The van der Waals surface area contributed by atoms with Crippen LogP contribution in [0.4, 0.5) is 17.1 Å². The van der Waals surface area contributed by atoms with E-state index >= 15 is 0 Å². The van der Waals surface area contributed by atoms with Gasteiger partial charge in [0.1, 0.15) is 0 Å². The Morgan fingerprint density at radius 2 is 2.22 bits per heavy atom. The van der Waals surface area contributed by atoms with E-state index in [2.05, 4.69) is 5.32 Å². The Balaban J connectivity index is 2.36. The standard InChI is InChI=1S/C12H16N4O2/c1-2-16(6-11(14)17)10-5-9-7(3-8(10)13)4-12(18)15-9/h3,5H,2,4,6,13H2,1H3,(H2,14,17)(H,15,18). The Hall–Kier alpha value is -2.24. The third-order valence-electron chi connectivity index (χ3n) is 2.95. The van der Waals surface area contributed by atoms with Gasteiger partial charge in [0.05, 0.1) is 24.3 Å². The lowest BCUT2D eigenvalue weighted by atomic mass is 10.1. The molecular weight excluding hydrogens is 232 g/mol. The van der Waals surface area contributed by atoms with Crippen molar-refractivity contribution >= 4 is 28.9 Å². The molecule has 0 saturated heterocycles. The van der Waals surface area contributed by atoms with Gasteiger partial charge in [-0.1, -0.05) is 0 Å². The first-order valence-electron chi connectivity index (χ1n) is 5.76. The summed E-state index contributed by atoms with van der Waals surface area (Å²) < 4.78 is 0. The second kappa shape index (κ2) is 4.56. The normalized spacial score (nSPS) is 13.1. The lowest BCUT2D eigenvalue weighted by Gasteiger charge is -2.23. The van der Waals surface area contributed by atoms with Crippen LogP contribution in [-0.4, -0.2) is 24.9 Å². The molecule has 18 heavy (non-hydrogen) atoms. The number of nitrogens with one attached hydrogen (secondary N) is 1. The SMILES string of the molecule is CCN(CC(N)=O)c1cc2c(cc1N)CC(=O)N2. The van der Waals surface area contributed by atoms with Crippen LogP contribution < -0.4 is 21.7 Å². The van der Waals surface area contributed by atoms with Crippen LogP contribution >= 0.6 is 0 Å². The number of nitrogens with zero attached hydrogens (tertiary/aromatic N) is 1. The molecule has 2 amide bonds. The topological polar surface area (TPSA) is 101 Å². The van der Waals surface area contributed by atoms with E-state index < -0.39 is 5.91 Å². The van der Waals surface area contributed by atoms with Gasteiger partial charge in [-0.3, -0.25) is 9.59 Å². The molecule has 0 aliphatic carbocycles. The Kier molecular flexibility index (Phi) is 3.10. The van der Waals surface area contributed by atoms with Crippen LogP contribution in [-0.2, 0) is 16.0 Å². The fourth-order valence-electron chi connectivity index (χ4n) is 2.11. The maximum Gasteiger partial charge on any atom is 0.236 e. The molecular formula is C12H16N4O2. The van der Waals surface area contributed by atoms with Gasteiger partial charge in [-0.25, -0.2) is 0 Å². The van der Waals surface area contributed by atoms with E-state index in [1.807, 2.05) is 6.92 Å². The van der Waals surface area contributed by atoms with Gasteiger partial charge in [0, 0.05) is 12.2 Å². The van der Waals surface area contributed by atoms with Crippen LogP contribution in [0.15, 0.2) is 12.1 Å². The van der Waals surface area contributed by atoms with E-state index in [9.17, 15) is 9.59 Å². The largest absolute Gasteiger partial charge is 0.397 e. The predicted octanol–water partition coefficient (Wildman–Crippen LogP) is 0.0750. The average molecular weight is 248 g/mol. The minimum absolute atomic E-state index is 0.0421. The number of carbonyl (C=O) groups excluding carboxylic acids is 2. The fourth-order valence-corrected chi connectivity index (χ4v) is 2.11. The molecule has 6 heteroatoms. The molecule has 96 valence electrons. The molecule has 1 aromatic rings. The molecule has 0 aromatic heterocycles. The summed E-state index contributed by atoms with van der Waals surface area (Å²) in [6.07, 6.45) is 0.349. The molecule has 0 spiro atoms. The Morgan fingerprint density at radius 1 is 1.50 bits per heavy atom. The zero-order valence-electron chi connectivity index (χ0n) is 10.2. The Morgan fingerprint density at radius 3 is 2.83 bits per heavy atom. The lowest BCUT2D eigenvalue weighted by molar-refractivity contribution is -0.117. The van der Waals surface area contributed by atoms with Crippen LogP contribution in [0.3, 0.4) is 0 Å². The summed E-state index contributed by atoms with van der Waals surface area (Å²) in [5.41, 5.74) is 14.1. The van der Waals surface area contributed by atoms with Crippen molar-refractivity contribution < 1.29 is 9.59 Å². The van der Waals surface area contributed by atoms with Crippen molar-refractivity contribution in [1.29, 1.82) is 0 Å². The first-order chi connectivity index (χ1) is 8.51. The highest BCUT2D eigenvalue weighted by molar-refractivity contribution is 6.01. The summed E-state index contributed by atoms with van der Waals surface area (Å²) in [5.74, 6) is -0.458. The molecule has 6 nitrogen and oxygen atoms in total. The van der Waals surface area contributed by atoms with E-state index in [0.717, 1.165) is 16.9 Å². The molecule has 0 saturated carbocycles. The highest BCUT2D eigenvalue weighted by Crippen LogP contribution is 2.33. The van der Waals surface area contributed by atoms with Crippen molar-refractivity contribution in [3.63, 3.8) is 0 Å². The Labute approximate surface area is 105 Å². The van der Waals surface area contributed by atoms with Gasteiger partial charge >= 0.3 is 0 Å². The lowest BCUT2D eigenvalue weighted by Crippen LogP contribution is -2.34. The van der Waals surface area contributed by atoms with Crippen molar-refractivity contribution in [2.45, 2.75) is 13.3 Å². The molecule has 0 unspecified atom stereocenters. The number of benzene rings is 1. The fraction of sp³-hybridized carbons (Fsp3) is 0.333. The quantitative estimate of drug-likeness (QED) is 0.656. The monoisotopic (exact) mass is 248 g/mol. The molecule has 0 atom stereocenters. The van der Waals surface area contributed by atoms with Gasteiger partial charge in [-0.15, -0.1) is 0 Å². The predicted molar refractivity (Wildman–Crippen MR) is 70.3 cm³/mol.